The summed E-state index contributed by atoms with van der Waals surface area (Å²) in [4.78, 5) is 16.0. The highest BCUT2D eigenvalue weighted by Gasteiger charge is 2.31. The predicted octanol–water partition coefficient (Wildman–Crippen LogP) is 4.89. The van der Waals surface area contributed by atoms with Crippen LogP contribution < -0.4 is 10.6 Å². The number of amides is 2. The van der Waals surface area contributed by atoms with Crippen molar-refractivity contribution in [2.75, 3.05) is 5.32 Å². The lowest BCUT2D eigenvalue weighted by Crippen LogP contribution is -2.41. The molecule has 0 aliphatic heterocycles. The van der Waals surface area contributed by atoms with Crippen LogP contribution in [0.25, 0.3) is 0 Å². The highest BCUT2D eigenvalue weighted by molar-refractivity contribution is 5.89. The standard InChI is InChI=1S/C20H21F4N3O2/c21-17-6-1-14(20(22,23)24)11-18(17)27-19(28)26-15-2-4-16(5-3-15)29-12-13-7-9-25-10-8-13/h1,6-11,15-16H,2-5,12H2,(H2,26,27,28). The lowest BCUT2D eigenvalue weighted by molar-refractivity contribution is -0.137. The van der Waals surface area contributed by atoms with Gasteiger partial charge in [0, 0.05) is 18.4 Å². The van der Waals surface area contributed by atoms with Crippen LogP contribution in [0.5, 0.6) is 0 Å². The number of nitrogens with one attached hydrogen (secondary N) is 2. The Morgan fingerprint density at radius 1 is 1.10 bits per heavy atom. The number of carbonyl (C=O) groups excluding carboxylic acids is 1. The molecule has 1 aromatic carbocycles. The molecule has 1 aromatic heterocycles. The van der Waals surface area contributed by atoms with Crippen LogP contribution in [0.3, 0.4) is 0 Å². The second-order valence-electron chi connectivity index (χ2n) is 6.93. The number of rotatable bonds is 5. The van der Waals surface area contributed by atoms with Crippen LogP contribution in [0.1, 0.15) is 36.8 Å². The molecule has 2 aromatic rings. The molecular weight excluding hydrogens is 390 g/mol. The fourth-order valence-corrected chi connectivity index (χ4v) is 3.21. The van der Waals surface area contributed by atoms with Crippen LogP contribution in [-0.2, 0) is 17.5 Å². The minimum absolute atomic E-state index is 0.0742. The SMILES string of the molecule is O=C(Nc1cc(C(F)(F)F)ccc1F)NC1CCC(OCc2ccncc2)CC1. The lowest BCUT2D eigenvalue weighted by Gasteiger charge is -2.29. The second kappa shape index (κ2) is 9.21. The Morgan fingerprint density at radius 2 is 1.79 bits per heavy atom. The first-order valence-corrected chi connectivity index (χ1v) is 9.26. The van der Waals surface area contributed by atoms with E-state index >= 15 is 0 Å². The largest absolute Gasteiger partial charge is 0.416 e. The molecule has 3 rings (SSSR count). The fraction of sp³-hybridized carbons (Fsp3) is 0.400. The van der Waals surface area contributed by atoms with E-state index in [1.807, 2.05) is 12.1 Å². The van der Waals surface area contributed by atoms with Gasteiger partial charge in [0.1, 0.15) is 5.82 Å². The van der Waals surface area contributed by atoms with E-state index < -0.39 is 29.3 Å². The summed E-state index contributed by atoms with van der Waals surface area (Å²) in [6.45, 7) is 0.487. The van der Waals surface area contributed by atoms with E-state index in [1.54, 1.807) is 12.4 Å². The molecule has 1 aliphatic rings. The molecule has 1 aliphatic carbocycles. The van der Waals surface area contributed by atoms with E-state index in [9.17, 15) is 22.4 Å². The quantitative estimate of drug-likeness (QED) is 0.689. The van der Waals surface area contributed by atoms with Gasteiger partial charge >= 0.3 is 12.2 Å². The summed E-state index contributed by atoms with van der Waals surface area (Å²) < 4.78 is 57.9. The summed E-state index contributed by atoms with van der Waals surface area (Å²) in [5.74, 6) is -0.929. The Labute approximate surface area is 165 Å². The molecule has 0 unspecified atom stereocenters. The molecule has 2 N–H and O–H groups in total. The molecule has 5 nitrogen and oxygen atoms in total. The van der Waals surface area contributed by atoms with E-state index in [-0.39, 0.29) is 12.1 Å². The van der Waals surface area contributed by atoms with Gasteiger partial charge in [0.2, 0.25) is 0 Å². The van der Waals surface area contributed by atoms with E-state index in [4.69, 9.17) is 4.74 Å². The van der Waals surface area contributed by atoms with Gasteiger partial charge in [-0.05, 0) is 61.6 Å². The van der Waals surface area contributed by atoms with E-state index in [2.05, 4.69) is 15.6 Å². The molecule has 1 heterocycles. The van der Waals surface area contributed by atoms with Crippen LogP contribution in [-0.4, -0.2) is 23.2 Å². The normalized spacial score (nSPS) is 19.6. The highest BCUT2D eigenvalue weighted by atomic mass is 19.4. The summed E-state index contributed by atoms with van der Waals surface area (Å²) in [7, 11) is 0. The number of ether oxygens (including phenoxy) is 1. The van der Waals surface area contributed by atoms with E-state index in [1.165, 1.54) is 0 Å². The molecule has 9 heteroatoms. The summed E-state index contributed by atoms with van der Waals surface area (Å²) in [5.41, 5.74) is -0.504. The van der Waals surface area contributed by atoms with Gasteiger partial charge in [-0.25, -0.2) is 9.18 Å². The number of urea groups is 1. The monoisotopic (exact) mass is 411 g/mol. The number of benzene rings is 1. The summed E-state index contributed by atoms with van der Waals surface area (Å²) in [6.07, 6.45) is 1.68. The Balaban J connectivity index is 1.45. The van der Waals surface area contributed by atoms with Gasteiger partial charge in [-0.15, -0.1) is 0 Å². The third-order valence-corrected chi connectivity index (χ3v) is 4.79. The molecule has 156 valence electrons. The van der Waals surface area contributed by atoms with Crippen molar-refractivity contribution in [3.63, 3.8) is 0 Å². The molecule has 0 radical (unpaired) electrons. The summed E-state index contributed by atoms with van der Waals surface area (Å²) in [6, 6.07) is 4.78. The van der Waals surface area contributed by atoms with Gasteiger partial charge in [0.05, 0.1) is 24.0 Å². The first-order valence-electron chi connectivity index (χ1n) is 9.26. The summed E-state index contributed by atoms with van der Waals surface area (Å²) in [5, 5.41) is 4.85. The number of pyridine rings is 1. The zero-order chi connectivity index (χ0) is 20.9. The zero-order valence-corrected chi connectivity index (χ0v) is 15.5. The van der Waals surface area contributed by atoms with Crippen LogP contribution in [0.4, 0.5) is 28.0 Å². The van der Waals surface area contributed by atoms with E-state index in [0.717, 1.165) is 18.4 Å². The number of hydrogen-bond acceptors (Lipinski definition) is 3. The zero-order valence-electron chi connectivity index (χ0n) is 15.5. The molecule has 0 bridgehead atoms. The number of hydrogen-bond donors (Lipinski definition) is 2. The molecule has 0 spiro atoms. The van der Waals surface area contributed by atoms with E-state index in [0.29, 0.717) is 37.6 Å². The maximum Gasteiger partial charge on any atom is 0.416 e. The third-order valence-electron chi connectivity index (χ3n) is 4.79. The van der Waals surface area contributed by atoms with Crippen LogP contribution in [0.15, 0.2) is 42.7 Å². The molecule has 1 saturated carbocycles. The molecule has 1 fully saturated rings. The number of alkyl halides is 3. The lowest BCUT2D eigenvalue weighted by atomic mass is 9.93. The van der Waals surface area contributed by atoms with Gasteiger partial charge in [-0.2, -0.15) is 13.2 Å². The molecular formula is C20H21F4N3O2. The number of carbonyl (C=O) groups is 1. The Bertz CT molecular complexity index is 822. The minimum atomic E-state index is -4.62. The number of halogens is 4. The fourth-order valence-electron chi connectivity index (χ4n) is 3.21. The number of aromatic nitrogens is 1. The Kier molecular flexibility index (Phi) is 6.68. The van der Waals surface area contributed by atoms with Crippen molar-refractivity contribution in [2.45, 2.75) is 50.6 Å². The summed E-state index contributed by atoms with van der Waals surface area (Å²) >= 11 is 0. The number of anilines is 1. The van der Waals surface area contributed by atoms with Crippen molar-refractivity contribution in [3.05, 3.63) is 59.7 Å². The van der Waals surface area contributed by atoms with Crippen molar-refractivity contribution in [2.24, 2.45) is 0 Å². The molecule has 2 amide bonds. The maximum absolute atomic E-state index is 13.7. The Hall–Kier alpha value is -2.68. The first kappa shape index (κ1) is 21.0. The first-order chi connectivity index (χ1) is 13.8. The average Bonchev–Trinajstić information content (AvgIpc) is 2.69. The maximum atomic E-state index is 13.7. The van der Waals surface area contributed by atoms with Crippen LogP contribution in [0, 0.1) is 5.82 Å². The van der Waals surface area contributed by atoms with Crippen LogP contribution >= 0.6 is 0 Å². The third kappa shape index (κ3) is 6.15. The smallest absolute Gasteiger partial charge is 0.374 e. The van der Waals surface area contributed by atoms with Gasteiger partial charge in [-0.3, -0.25) is 4.98 Å². The van der Waals surface area contributed by atoms with Crippen LogP contribution in [0.2, 0.25) is 0 Å². The van der Waals surface area contributed by atoms with Crippen molar-refractivity contribution in [3.8, 4) is 0 Å². The van der Waals surface area contributed by atoms with Crippen molar-refractivity contribution in [1.29, 1.82) is 0 Å². The topological polar surface area (TPSA) is 63.2 Å². The van der Waals surface area contributed by atoms with Crippen molar-refractivity contribution < 1.29 is 27.1 Å². The number of nitrogens with zero attached hydrogens (tertiary/aromatic N) is 1. The van der Waals surface area contributed by atoms with Crippen molar-refractivity contribution >= 4 is 11.7 Å². The molecule has 29 heavy (non-hydrogen) atoms. The highest BCUT2D eigenvalue weighted by Crippen LogP contribution is 2.31. The predicted molar refractivity (Wildman–Crippen MR) is 98.6 cm³/mol. The van der Waals surface area contributed by atoms with Gasteiger partial charge in [0.15, 0.2) is 0 Å². The molecule has 0 atom stereocenters. The van der Waals surface area contributed by atoms with Gasteiger partial charge < -0.3 is 15.4 Å². The van der Waals surface area contributed by atoms with Crippen molar-refractivity contribution in [1.82, 2.24) is 10.3 Å². The minimum Gasteiger partial charge on any atom is -0.374 e. The second-order valence-corrected chi connectivity index (χ2v) is 6.93. The Morgan fingerprint density at radius 3 is 2.45 bits per heavy atom. The average molecular weight is 411 g/mol. The van der Waals surface area contributed by atoms with Gasteiger partial charge in [-0.1, -0.05) is 0 Å². The molecule has 0 saturated heterocycles. The van der Waals surface area contributed by atoms with Gasteiger partial charge in [0.25, 0.3) is 0 Å².